The topological polar surface area (TPSA) is 86.8 Å². The third-order valence-corrected chi connectivity index (χ3v) is 7.51. The first-order chi connectivity index (χ1) is 18.5. The first-order valence-electron chi connectivity index (χ1n) is 12.6. The highest BCUT2D eigenvalue weighted by Gasteiger charge is 2.33. The van der Waals surface area contributed by atoms with E-state index < -0.39 is 46.1 Å². The lowest BCUT2D eigenvalue weighted by Gasteiger charge is -2.34. The van der Waals surface area contributed by atoms with Crippen LogP contribution < -0.4 is 9.62 Å². The normalized spacial score (nSPS) is 12.8. The van der Waals surface area contributed by atoms with Crippen molar-refractivity contribution in [3.63, 3.8) is 0 Å². The molecule has 3 rings (SSSR count). The molecule has 39 heavy (non-hydrogen) atoms. The lowest BCUT2D eigenvalue weighted by atomic mass is 10.0. The predicted octanol–water partition coefficient (Wildman–Crippen LogP) is 4.29. The molecule has 0 aliphatic rings. The van der Waals surface area contributed by atoms with Crippen molar-refractivity contribution in [3.05, 3.63) is 102 Å². The number of carbonyl (C=O) groups excluding carboxylic acids is 2. The van der Waals surface area contributed by atoms with E-state index in [1.54, 1.807) is 6.07 Å². The second-order valence-electron chi connectivity index (χ2n) is 9.38. The van der Waals surface area contributed by atoms with Crippen LogP contribution in [0.3, 0.4) is 0 Å². The highest BCUT2D eigenvalue weighted by molar-refractivity contribution is 7.92. The summed E-state index contributed by atoms with van der Waals surface area (Å²) in [5, 5.41) is 2.91. The molecule has 3 aromatic carbocycles. The lowest BCUT2D eigenvalue weighted by molar-refractivity contribution is -0.140. The minimum absolute atomic E-state index is 0.0850. The molecule has 0 radical (unpaired) electrons. The van der Waals surface area contributed by atoms with Crippen LogP contribution in [-0.4, -0.2) is 50.0 Å². The van der Waals surface area contributed by atoms with Crippen LogP contribution in [0.25, 0.3) is 0 Å². The fourth-order valence-corrected chi connectivity index (χ4v) is 4.88. The van der Waals surface area contributed by atoms with Crippen molar-refractivity contribution in [2.75, 3.05) is 17.1 Å². The second kappa shape index (κ2) is 13.3. The van der Waals surface area contributed by atoms with Crippen LogP contribution >= 0.6 is 0 Å². The Hall–Kier alpha value is -3.79. The van der Waals surface area contributed by atoms with Crippen molar-refractivity contribution < 1.29 is 26.8 Å². The van der Waals surface area contributed by atoms with Crippen LogP contribution in [-0.2, 0) is 32.6 Å². The van der Waals surface area contributed by atoms with Crippen LogP contribution in [0.4, 0.5) is 14.5 Å². The highest BCUT2D eigenvalue weighted by atomic mass is 32.2. The number of anilines is 1. The summed E-state index contributed by atoms with van der Waals surface area (Å²) in [7, 11) is -3.98. The number of nitrogens with zero attached hydrogens (tertiary/aromatic N) is 2. The van der Waals surface area contributed by atoms with E-state index in [0.29, 0.717) is 6.42 Å². The van der Waals surface area contributed by atoms with E-state index in [-0.39, 0.29) is 30.3 Å². The number of hydrogen-bond donors (Lipinski definition) is 1. The number of halogens is 2. The number of rotatable bonds is 12. The monoisotopic (exact) mass is 557 g/mol. The molecule has 2 amide bonds. The second-order valence-corrected chi connectivity index (χ2v) is 11.3. The van der Waals surface area contributed by atoms with Crippen LogP contribution in [0.15, 0.2) is 78.9 Å². The van der Waals surface area contributed by atoms with Gasteiger partial charge in [0.1, 0.15) is 24.2 Å². The van der Waals surface area contributed by atoms with Crippen molar-refractivity contribution in [3.8, 4) is 0 Å². The Labute approximate surface area is 228 Å². The number of amides is 2. The minimum Gasteiger partial charge on any atom is -0.352 e. The van der Waals surface area contributed by atoms with Gasteiger partial charge in [-0.3, -0.25) is 13.9 Å². The molecule has 2 unspecified atom stereocenters. The molecule has 0 saturated heterocycles. The zero-order valence-corrected chi connectivity index (χ0v) is 23.0. The molecule has 0 heterocycles. The summed E-state index contributed by atoms with van der Waals surface area (Å²) in [5.41, 5.74) is 1.03. The SMILES string of the molecule is CCC(C)NC(=O)C(Cc1ccccc1)N(Cc1ccccc1F)C(=O)CN(c1ccc(F)cc1)S(C)(=O)=O. The van der Waals surface area contributed by atoms with Gasteiger partial charge in [0.2, 0.25) is 21.8 Å². The average molecular weight is 558 g/mol. The number of sulfonamides is 1. The van der Waals surface area contributed by atoms with Gasteiger partial charge >= 0.3 is 0 Å². The zero-order chi connectivity index (χ0) is 28.6. The Morgan fingerprint density at radius 3 is 2.13 bits per heavy atom. The molecule has 3 aromatic rings. The molecule has 0 spiro atoms. The molecule has 1 N–H and O–H groups in total. The fourth-order valence-electron chi connectivity index (χ4n) is 4.03. The fraction of sp³-hybridized carbons (Fsp3) is 0.310. The van der Waals surface area contributed by atoms with Gasteiger partial charge in [0.15, 0.2) is 0 Å². The van der Waals surface area contributed by atoms with E-state index in [0.717, 1.165) is 28.3 Å². The molecule has 0 fully saturated rings. The van der Waals surface area contributed by atoms with Crippen LogP contribution in [0.5, 0.6) is 0 Å². The van der Waals surface area contributed by atoms with Crippen LogP contribution in [0, 0.1) is 11.6 Å². The minimum atomic E-state index is -3.98. The molecule has 0 aromatic heterocycles. The third-order valence-electron chi connectivity index (χ3n) is 6.36. The van der Waals surface area contributed by atoms with Crippen molar-refractivity contribution in [2.45, 2.75) is 45.3 Å². The standard InChI is InChI=1S/C29H33F2N3O4S/c1-4-21(2)32-29(36)27(18-22-10-6-5-7-11-22)33(19-23-12-8-9-13-26(23)31)28(35)20-34(39(3,37)38)25-16-14-24(30)15-17-25/h5-17,21,27H,4,18-20H2,1-3H3,(H,32,36). The van der Waals surface area contributed by atoms with E-state index >= 15 is 0 Å². The maximum atomic E-state index is 14.7. The lowest BCUT2D eigenvalue weighted by Crippen LogP contribution is -2.54. The maximum Gasteiger partial charge on any atom is 0.244 e. The summed E-state index contributed by atoms with van der Waals surface area (Å²) < 4.78 is 54.5. The average Bonchev–Trinajstić information content (AvgIpc) is 2.90. The molecular formula is C29H33F2N3O4S. The van der Waals surface area contributed by atoms with E-state index in [9.17, 15) is 26.8 Å². The van der Waals surface area contributed by atoms with E-state index in [4.69, 9.17) is 0 Å². The summed E-state index contributed by atoms with van der Waals surface area (Å²) in [5.74, 6) is -2.28. The van der Waals surface area contributed by atoms with Gasteiger partial charge in [-0.1, -0.05) is 55.5 Å². The Balaban J connectivity index is 2.06. The van der Waals surface area contributed by atoms with Gasteiger partial charge in [0.05, 0.1) is 11.9 Å². The van der Waals surface area contributed by atoms with E-state index in [2.05, 4.69) is 5.32 Å². The van der Waals surface area contributed by atoms with Gasteiger partial charge < -0.3 is 10.2 Å². The number of benzene rings is 3. The van der Waals surface area contributed by atoms with Gasteiger partial charge in [-0.2, -0.15) is 0 Å². The molecule has 2 atom stereocenters. The first-order valence-corrected chi connectivity index (χ1v) is 14.4. The van der Waals surface area contributed by atoms with Crippen LogP contribution in [0.2, 0.25) is 0 Å². The first kappa shape index (κ1) is 29.8. The Bertz CT molecular complexity index is 1370. The zero-order valence-electron chi connectivity index (χ0n) is 22.2. The summed E-state index contributed by atoms with van der Waals surface area (Å²) in [6.07, 6.45) is 1.71. The smallest absolute Gasteiger partial charge is 0.244 e. The molecule has 10 heteroatoms. The Kier molecular flexibility index (Phi) is 10.2. The van der Waals surface area contributed by atoms with Gasteiger partial charge in [-0.05, 0) is 49.2 Å². The quantitative estimate of drug-likeness (QED) is 0.360. The van der Waals surface area contributed by atoms with Gasteiger partial charge in [0, 0.05) is 24.6 Å². The summed E-state index contributed by atoms with van der Waals surface area (Å²) in [6.45, 7) is 2.81. The maximum absolute atomic E-state index is 14.7. The molecular weight excluding hydrogens is 524 g/mol. The molecule has 0 aliphatic heterocycles. The van der Waals surface area contributed by atoms with Crippen molar-refractivity contribution in [2.24, 2.45) is 0 Å². The molecule has 0 aliphatic carbocycles. The summed E-state index contributed by atoms with van der Waals surface area (Å²) in [6, 6.07) is 18.4. The van der Waals surface area contributed by atoms with E-state index in [1.165, 1.54) is 35.2 Å². The molecule has 7 nitrogen and oxygen atoms in total. The van der Waals surface area contributed by atoms with Crippen molar-refractivity contribution in [1.29, 1.82) is 0 Å². The Morgan fingerprint density at radius 2 is 1.54 bits per heavy atom. The molecule has 0 bridgehead atoms. The number of hydrogen-bond acceptors (Lipinski definition) is 4. The summed E-state index contributed by atoms with van der Waals surface area (Å²) in [4.78, 5) is 28.7. The van der Waals surface area contributed by atoms with Crippen LogP contribution in [0.1, 0.15) is 31.4 Å². The molecule has 208 valence electrons. The number of nitrogens with one attached hydrogen (secondary N) is 1. The van der Waals surface area contributed by atoms with E-state index in [1.807, 2.05) is 44.2 Å². The Morgan fingerprint density at radius 1 is 0.923 bits per heavy atom. The summed E-state index contributed by atoms with van der Waals surface area (Å²) >= 11 is 0. The van der Waals surface area contributed by atoms with Crippen molar-refractivity contribution >= 4 is 27.5 Å². The third kappa shape index (κ3) is 8.35. The molecule has 0 saturated carbocycles. The largest absolute Gasteiger partial charge is 0.352 e. The van der Waals surface area contributed by atoms with Gasteiger partial charge in [-0.15, -0.1) is 0 Å². The highest BCUT2D eigenvalue weighted by Crippen LogP contribution is 2.21. The van der Waals surface area contributed by atoms with Gasteiger partial charge in [-0.25, -0.2) is 17.2 Å². The number of carbonyl (C=O) groups is 2. The van der Waals surface area contributed by atoms with Crippen molar-refractivity contribution in [1.82, 2.24) is 10.2 Å². The van der Waals surface area contributed by atoms with Gasteiger partial charge in [0.25, 0.3) is 0 Å². The predicted molar refractivity (Wildman–Crippen MR) is 147 cm³/mol.